The highest BCUT2D eigenvalue weighted by Gasteiger charge is 2.16. The Morgan fingerprint density at radius 1 is 1.31 bits per heavy atom. The van der Waals surface area contributed by atoms with Crippen molar-refractivity contribution in [3.05, 3.63) is 17.5 Å². The zero-order valence-corrected chi connectivity index (χ0v) is 10.3. The van der Waals surface area contributed by atoms with E-state index in [9.17, 15) is 0 Å². The van der Waals surface area contributed by atoms with Gasteiger partial charge in [0.25, 0.3) is 0 Å². The fourth-order valence-corrected chi connectivity index (χ4v) is 2.26. The lowest BCUT2D eigenvalue weighted by atomic mass is 10.4. The first-order valence-corrected chi connectivity index (χ1v) is 6.12. The number of halogens is 1. The second-order valence-electron chi connectivity index (χ2n) is 3.97. The van der Waals surface area contributed by atoms with Crippen LogP contribution in [0.3, 0.4) is 0 Å². The van der Waals surface area contributed by atoms with Gasteiger partial charge < -0.3 is 9.80 Å². The number of aromatic nitrogens is 2. The van der Waals surface area contributed by atoms with E-state index in [-0.39, 0.29) is 0 Å². The predicted octanol–water partition coefficient (Wildman–Crippen LogP) is 1.66. The molecule has 5 heteroatoms. The zero-order valence-electron chi connectivity index (χ0n) is 9.56. The number of hydrogen-bond donors (Lipinski definition) is 0. The third-order valence-electron chi connectivity index (χ3n) is 2.98. The van der Waals surface area contributed by atoms with Crippen LogP contribution in [0.1, 0.15) is 13.3 Å². The van der Waals surface area contributed by atoms with E-state index in [1.165, 1.54) is 0 Å². The molecule has 4 nitrogen and oxygen atoms in total. The smallest absolute Gasteiger partial charge is 0.150 e. The van der Waals surface area contributed by atoms with Crippen LogP contribution in [0.15, 0.2) is 12.5 Å². The van der Waals surface area contributed by atoms with Gasteiger partial charge in [-0.05, 0) is 19.5 Å². The van der Waals surface area contributed by atoms with Crippen molar-refractivity contribution in [3.8, 4) is 0 Å². The number of hydrogen-bond acceptors (Lipinski definition) is 4. The Kier molecular flexibility index (Phi) is 3.96. The van der Waals surface area contributed by atoms with Crippen molar-refractivity contribution in [3.63, 3.8) is 0 Å². The summed E-state index contributed by atoms with van der Waals surface area (Å²) in [6, 6.07) is 0. The summed E-state index contributed by atoms with van der Waals surface area (Å²) in [5.41, 5.74) is 0. The average molecular weight is 241 g/mol. The van der Waals surface area contributed by atoms with E-state index in [0.29, 0.717) is 5.02 Å². The summed E-state index contributed by atoms with van der Waals surface area (Å²) in [5, 5.41) is 0.646. The highest BCUT2D eigenvalue weighted by molar-refractivity contribution is 6.32. The van der Waals surface area contributed by atoms with Gasteiger partial charge in [-0.3, -0.25) is 0 Å². The van der Waals surface area contributed by atoms with Gasteiger partial charge in [0.15, 0.2) is 5.82 Å². The molecule has 0 spiro atoms. The molecule has 1 fully saturated rings. The van der Waals surface area contributed by atoms with Crippen LogP contribution in [-0.2, 0) is 0 Å². The van der Waals surface area contributed by atoms with Crippen molar-refractivity contribution >= 4 is 17.4 Å². The summed E-state index contributed by atoms with van der Waals surface area (Å²) in [7, 11) is 0. The molecule has 0 atom stereocenters. The normalized spacial score (nSPS) is 18.5. The lowest BCUT2D eigenvalue weighted by molar-refractivity contribution is 0.310. The maximum absolute atomic E-state index is 6.10. The lowest BCUT2D eigenvalue weighted by Gasteiger charge is -2.22. The number of rotatable bonds is 2. The van der Waals surface area contributed by atoms with Gasteiger partial charge in [0.05, 0.1) is 6.20 Å². The van der Waals surface area contributed by atoms with Gasteiger partial charge in [0.2, 0.25) is 0 Å². The van der Waals surface area contributed by atoms with E-state index in [0.717, 1.165) is 45.0 Å². The summed E-state index contributed by atoms with van der Waals surface area (Å²) >= 11 is 6.10. The summed E-state index contributed by atoms with van der Waals surface area (Å²) in [5.74, 6) is 0.870. The van der Waals surface area contributed by atoms with Gasteiger partial charge in [-0.25, -0.2) is 9.97 Å². The van der Waals surface area contributed by atoms with Gasteiger partial charge in [-0.1, -0.05) is 18.5 Å². The van der Waals surface area contributed by atoms with Crippen LogP contribution in [0, 0.1) is 0 Å². The minimum Gasteiger partial charge on any atom is -0.354 e. The van der Waals surface area contributed by atoms with Gasteiger partial charge in [-0.15, -0.1) is 0 Å². The van der Waals surface area contributed by atoms with Crippen molar-refractivity contribution in [1.82, 2.24) is 14.9 Å². The Morgan fingerprint density at radius 2 is 2.19 bits per heavy atom. The Morgan fingerprint density at radius 3 is 2.94 bits per heavy atom. The lowest BCUT2D eigenvalue weighted by Crippen LogP contribution is -2.31. The maximum atomic E-state index is 6.10. The molecule has 2 heterocycles. The van der Waals surface area contributed by atoms with Crippen molar-refractivity contribution in [1.29, 1.82) is 0 Å². The standard InChI is InChI=1S/C11H17ClN4/c1-2-15-4-3-5-16(7-6-15)11-10(12)8-13-9-14-11/h8-9H,2-7H2,1H3. The van der Waals surface area contributed by atoms with Gasteiger partial charge >= 0.3 is 0 Å². The van der Waals surface area contributed by atoms with Gasteiger partial charge in [-0.2, -0.15) is 0 Å². The minimum absolute atomic E-state index is 0.646. The first-order chi connectivity index (χ1) is 7.81. The fourth-order valence-electron chi connectivity index (χ4n) is 2.04. The highest BCUT2D eigenvalue weighted by Crippen LogP contribution is 2.22. The topological polar surface area (TPSA) is 32.3 Å². The molecule has 1 aromatic heterocycles. The molecule has 16 heavy (non-hydrogen) atoms. The highest BCUT2D eigenvalue weighted by atomic mass is 35.5. The van der Waals surface area contributed by atoms with Crippen molar-refractivity contribution < 1.29 is 0 Å². The molecule has 0 saturated carbocycles. The molecule has 0 aromatic carbocycles. The average Bonchev–Trinajstić information content (AvgIpc) is 2.55. The summed E-state index contributed by atoms with van der Waals surface area (Å²) in [6.45, 7) is 7.57. The van der Waals surface area contributed by atoms with Gasteiger partial charge in [0, 0.05) is 19.6 Å². The summed E-state index contributed by atoms with van der Waals surface area (Å²) < 4.78 is 0. The van der Waals surface area contributed by atoms with Crippen LogP contribution in [-0.4, -0.2) is 47.6 Å². The van der Waals surface area contributed by atoms with Crippen LogP contribution in [0.5, 0.6) is 0 Å². The zero-order chi connectivity index (χ0) is 11.4. The fraction of sp³-hybridized carbons (Fsp3) is 0.636. The monoisotopic (exact) mass is 240 g/mol. The molecule has 0 radical (unpaired) electrons. The minimum atomic E-state index is 0.646. The molecule has 0 amide bonds. The van der Waals surface area contributed by atoms with Gasteiger partial charge in [0.1, 0.15) is 11.3 Å². The Hall–Kier alpha value is -0.870. The molecule has 88 valence electrons. The molecule has 1 aliphatic rings. The molecule has 0 N–H and O–H groups in total. The van der Waals surface area contributed by atoms with Crippen LogP contribution in [0.2, 0.25) is 5.02 Å². The van der Waals surface area contributed by atoms with Crippen molar-refractivity contribution in [2.45, 2.75) is 13.3 Å². The van der Waals surface area contributed by atoms with E-state index in [1.54, 1.807) is 12.5 Å². The molecule has 0 bridgehead atoms. The third-order valence-corrected chi connectivity index (χ3v) is 3.25. The summed E-state index contributed by atoms with van der Waals surface area (Å²) in [6.07, 6.45) is 4.38. The van der Waals surface area contributed by atoms with Crippen molar-refractivity contribution in [2.75, 3.05) is 37.6 Å². The van der Waals surface area contributed by atoms with E-state index in [2.05, 4.69) is 26.7 Å². The van der Waals surface area contributed by atoms with Crippen LogP contribution in [0.25, 0.3) is 0 Å². The maximum Gasteiger partial charge on any atom is 0.150 e. The molecule has 1 saturated heterocycles. The third kappa shape index (κ3) is 2.62. The Labute approximate surface area is 101 Å². The van der Waals surface area contributed by atoms with Crippen LogP contribution in [0.4, 0.5) is 5.82 Å². The molecular formula is C11H17ClN4. The number of anilines is 1. The SMILES string of the molecule is CCN1CCCN(c2ncncc2Cl)CC1. The molecule has 1 aliphatic heterocycles. The largest absolute Gasteiger partial charge is 0.354 e. The Bertz CT molecular complexity index is 345. The molecular weight excluding hydrogens is 224 g/mol. The Balaban J connectivity index is 2.08. The van der Waals surface area contributed by atoms with Crippen LogP contribution < -0.4 is 4.90 Å². The molecule has 1 aromatic rings. The van der Waals surface area contributed by atoms with E-state index in [4.69, 9.17) is 11.6 Å². The first kappa shape index (κ1) is 11.6. The van der Waals surface area contributed by atoms with Crippen molar-refractivity contribution in [2.24, 2.45) is 0 Å². The second-order valence-corrected chi connectivity index (χ2v) is 4.38. The molecule has 0 unspecified atom stereocenters. The predicted molar refractivity (Wildman–Crippen MR) is 66.0 cm³/mol. The van der Waals surface area contributed by atoms with Crippen LogP contribution >= 0.6 is 11.6 Å². The van der Waals surface area contributed by atoms with E-state index >= 15 is 0 Å². The number of nitrogens with zero attached hydrogens (tertiary/aromatic N) is 4. The molecule has 0 aliphatic carbocycles. The summed E-state index contributed by atoms with van der Waals surface area (Å²) in [4.78, 5) is 12.9. The quantitative estimate of drug-likeness (QED) is 0.787. The van der Waals surface area contributed by atoms with E-state index in [1.807, 2.05) is 0 Å². The first-order valence-electron chi connectivity index (χ1n) is 5.74. The number of likely N-dealkylation sites (N-methyl/N-ethyl adjacent to an activating group) is 1. The molecule has 2 rings (SSSR count). The second kappa shape index (κ2) is 5.46. The van der Waals surface area contributed by atoms with E-state index < -0.39 is 0 Å².